The van der Waals surface area contributed by atoms with Crippen LogP contribution in [0.5, 0.6) is 0 Å². The molecule has 1 unspecified atom stereocenters. The van der Waals surface area contributed by atoms with Crippen molar-refractivity contribution in [1.29, 1.82) is 0 Å². The van der Waals surface area contributed by atoms with Crippen molar-refractivity contribution in [1.82, 2.24) is 10.6 Å². The van der Waals surface area contributed by atoms with Crippen LogP contribution in [0.2, 0.25) is 0 Å². The Balaban J connectivity index is 2.80. The third kappa shape index (κ3) is 6.30. The van der Waals surface area contributed by atoms with Gasteiger partial charge in [0.05, 0.1) is 23.1 Å². The number of halogens is 1. The molecule has 142 valence electrons. The third-order valence-corrected chi connectivity index (χ3v) is 6.54. The van der Waals surface area contributed by atoms with Gasteiger partial charge in [0.25, 0.3) is 0 Å². The molecule has 0 saturated heterocycles. The van der Waals surface area contributed by atoms with Crippen LogP contribution < -0.4 is 10.6 Å². The van der Waals surface area contributed by atoms with Gasteiger partial charge < -0.3 is 10.6 Å². The van der Waals surface area contributed by atoms with Crippen LogP contribution in [-0.4, -0.2) is 38.0 Å². The maximum Gasteiger partial charge on any atom is 0.191 e. The third-order valence-electron chi connectivity index (χ3n) is 3.96. The lowest BCUT2D eigenvalue weighted by molar-refractivity contribution is 0.560. The van der Waals surface area contributed by atoms with Crippen LogP contribution >= 0.6 is 0 Å². The van der Waals surface area contributed by atoms with E-state index in [0.717, 1.165) is 5.56 Å². The Morgan fingerprint density at radius 3 is 2.48 bits per heavy atom. The lowest BCUT2D eigenvalue weighted by atomic mass is 10.1. The van der Waals surface area contributed by atoms with Crippen molar-refractivity contribution < 1.29 is 12.8 Å². The molecule has 7 heteroatoms. The monoisotopic (exact) mass is 371 g/mol. The number of aliphatic imine (C=N–C) groups is 1. The molecule has 0 radical (unpaired) electrons. The summed E-state index contributed by atoms with van der Waals surface area (Å²) in [5.41, 5.74) is 1.40. The zero-order valence-corrected chi connectivity index (χ0v) is 16.8. The molecule has 5 nitrogen and oxygen atoms in total. The van der Waals surface area contributed by atoms with Crippen molar-refractivity contribution in [2.75, 3.05) is 18.8 Å². The molecule has 0 bridgehead atoms. The topological polar surface area (TPSA) is 70.6 Å². The molecule has 25 heavy (non-hydrogen) atoms. The van der Waals surface area contributed by atoms with Crippen molar-refractivity contribution in [2.45, 2.75) is 52.3 Å². The van der Waals surface area contributed by atoms with Crippen molar-refractivity contribution in [3.05, 3.63) is 35.1 Å². The molecule has 1 aromatic carbocycles. The highest BCUT2D eigenvalue weighted by atomic mass is 32.2. The summed E-state index contributed by atoms with van der Waals surface area (Å²) in [5.74, 6) is 0.255. The second-order valence-electron chi connectivity index (χ2n) is 7.07. The van der Waals surface area contributed by atoms with Crippen LogP contribution in [-0.2, 0) is 9.84 Å². The number of aryl methyl sites for hydroxylation is 1. The molecule has 0 fully saturated rings. The Morgan fingerprint density at radius 1 is 1.32 bits per heavy atom. The number of hydrogen-bond donors (Lipinski definition) is 2. The van der Waals surface area contributed by atoms with E-state index in [1.807, 2.05) is 19.9 Å². The van der Waals surface area contributed by atoms with Gasteiger partial charge >= 0.3 is 0 Å². The van der Waals surface area contributed by atoms with E-state index in [4.69, 9.17) is 0 Å². The highest BCUT2D eigenvalue weighted by Crippen LogP contribution is 2.17. The largest absolute Gasteiger partial charge is 0.357 e. The molecule has 1 rings (SSSR count). The van der Waals surface area contributed by atoms with E-state index in [0.29, 0.717) is 18.1 Å². The van der Waals surface area contributed by atoms with Crippen molar-refractivity contribution in [3.63, 3.8) is 0 Å². The minimum Gasteiger partial charge on any atom is -0.357 e. The minimum absolute atomic E-state index is 0.0133. The number of guanidine groups is 1. The van der Waals surface area contributed by atoms with Gasteiger partial charge in [-0.25, -0.2) is 12.8 Å². The van der Waals surface area contributed by atoms with Crippen LogP contribution in [0.3, 0.4) is 0 Å². The first-order valence-electron chi connectivity index (χ1n) is 8.51. The second-order valence-corrected chi connectivity index (χ2v) is 9.93. The normalized spacial score (nSPS) is 14.3. The van der Waals surface area contributed by atoms with Crippen LogP contribution in [0.15, 0.2) is 23.2 Å². The highest BCUT2D eigenvalue weighted by Gasteiger charge is 2.28. The van der Waals surface area contributed by atoms with Crippen LogP contribution in [0.1, 0.15) is 51.8 Å². The van der Waals surface area contributed by atoms with E-state index >= 15 is 0 Å². The number of benzene rings is 1. The molecular formula is C18H30FN3O2S. The molecule has 0 aliphatic rings. The highest BCUT2D eigenvalue weighted by molar-refractivity contribution is 7.92. The molecule has 1 aromatic rings. The molecule has 0 aliphatic carbocycles. The summed E-state index contributed by atoms with van der Waals surface area (Å²) in [6, 6.07) is 4.94. The van der Waals surface area contributed by atoms with Gasteiger partial charge in [-0.1, -0.05) is 12.1 Å². The average Bonchev–Trinajstić information content (AvgIpc) is 2.48. The molecule has 0 aromatic heterocycles. The van der Waals surface area contributed by atoms with E-state index in [2.05, 4.69) is 15.6 Å². The Kier molecular flexibility index (Phi) is 7.41. The minimum atomic E-state index is -3.21. The van der Waals surface area contributed by atoms with Gasteiger partial charge in [-0.15, -0.1) is 0 Å². The van der Waals surface area contributed by atoms with Gasteiger partial charge in [0.15, 0.2) is 15.8 Å². The van der Waals surface area contributed by atoms with Gasteiger partial charge in [0, 0.05) is 6.54 Å². The molecule has 0 spiro atoms. The number of hydrogen-bond acceptors (Lipinski definition) is 3. The zero-order chi connectivity index (χ0) is 19.3. The zero-order valence-electron chi connectivity index (χ0n) is 16.0. The Morgan fingerprint density at radius 2 is 1.96 bits per heavy atom. The Bertz CT molecular complexity index is 710. The van der Waals surface area contributed by atoms with E-state index in [1.165, 1.54) is 6.07 Å². The molecule has 0 aliphatic heterocycles. The lowest BCUT2D eigenvalue weighted by Gasteiger charge is -2.20. The number of nitrogens with zero attached hydrogens (tertiary/aromatic N) is 1. The maximum atomic E-state index is 13.7. The van der Waals surface area contributed by atoms with Crippen molar-refractivity contribution >= 4 is 15.8 Å². The summed E-state index contributed by atoms with van der Waals surface area (Å²) in [4.78, 5) is 4.34. The van der Waals surface area contributed by atoms with Crippen molar-refractivity contribution in [3.8, 4) is 0 Å². The molecule has 0 heterocycles. The fourth-order valence-corrected chi connectivity index (χ4v) is 3.01. The number of sulfone groups is 1. The smallest absolute Gasteiger partial charge is 0.191 e. The maximum absolute atomic E-state index is 13.7. The molecule has 0 amide bonds. The summed E-state index contributed by atoms with van der Waals surface area (Å²) >= 11 is 0. The van der Waals surface area contributed by atoms with E-state index in [9.17, 15) is 12.8 Å². The summed E-state index contributed by atoms with van der Waals surface area (Å²) in [5, 5.41) is 6.27. The Labute approximate surface area is 151 Å². The second kappa shape index (κ2) is 8.65. The Hall–Kier alpha value is -1.63. The van der Waals surface area contributed by atoms with Gasteiger partial charge in [-0.2, -0.15) is 0 Å². The predicted octanol–water partition coefficient (Wildman–Crippen LogP) is 2.96. The van der Waals surface area contributed by atoms with Crippen LogP contribution in [0, 0.1) is 12.7 Å². The standard InChI is InChI=1S/C18H30FN3O2S/c1-7-20-17(21-10-11-25(23,24)18(4,5)6)22-14(3)15-9-8-13(2)16(19)12-15/h8-9,12,14H,7,10-11H2,1-6H3,(H2,20,21,22). The van der Waals surface area contributed by atoms with Crippen LogP contribution in [0.4, 0.5) is 4.39 Å². The molecule has 0 saturated carbocycles. The molecule has 1 atom stereocenters. The summed E-state index contributed by atoms with van der Waals surface area (Å²) < 4.78 is 37.2. The number of rotatable bonds is 6. The summed E-state index contributed by atoms with van der Waals surface area (Å²) in [6.45, 7) is 11.4. The van der Waals surface area contributed by atoms with E-state index in [-0.39, 0.29) is 24.2 Å². The first-order valence-corrected chi connectivity index (χ1v) is 10.2. The molecule has 2 N–H and O–H groups in total. The fourth-order valence-electron chi connectivity index (χ4n) is 2.07. The molecular weight excluding hydrogens is 341 g/mol. The van der Waals surface area contributed by atoms with Gasteiger partial charge in [-0.05, 0) is 58.7 Å². The average molecular weight is 372 g/mol. The van der Waals surface area contributed by atoms with Gasteiger partial charge in [0.2, 0.25) is 0 Å². The number of nitrogens with one attached hydrogen (secondary N) is 2. The fraction of sp³-hybridized carbons (Fsp3) is 0.611. The van der Waals surface area contributed by atoms with E-state index in [1.54, 1.807) is 33.8 Å². The summed E-state index contributed by atoms with van der Waals surface area (Å²) in [7, 11) is -3.21. The first kappa shape index (κ1) is 21.4. The first-order chi connectivity index (χ1) is 11.5. The quantitative estimate of drug-likeness (QED) is 0.596. The van der Waals surface area contributed by atoms with Crippen LogP contribution in [0.25, 0.3) is 0 Å². The predicted molar refractivity (Wildman–Crippen MR) is 102 cm³/mol. The summed E-state index contributed by atoms with van der Waals surface area (Å²) in [6.07, 6.45) is 0. The SMILES string of the molecule is CCNC(=NCCS(=O)(=O)C(C)(C)C)NC(C)c1ccc(C)c(F)c1. The lowest BCUT2D eigenvalue weighted by Crippen LogP contribution is -2.39. The van der Waals surface area contributed by atoms with Gasteiger partial charge in [-0.3, -0.25) is 4.99 Å². The van der Waals surface area contributed by atoms with Crippen molar-refractivity contribution in [2.24, 2.45) is 4.99 Å². The van der Waals surface area contributed by atoms with E-state index < -0.39 is 14.6 Å². The van der Waals surface area contributed by atoms with Gasteiger partial charge in [0.1, 0.15) is 5.82 Å².